The van der Waals surface area contributed by atoms with E-state index in [1.807, 2.05) is 0 Å². The number of aromatic nitrogens is 4. The zero-order valence-corrected chi connectivity index (χ0v) is 15.3. The molecule has 0 saturated carbocycles. The fourth-order valence-electron chi connectivity index (χ4n) is 2.80. The Bertz CT molecular complexity index is 860. The summed E-state index contributed by atoms with van der Waals surface area (Å²) in [6.45, 7) is 3.01. The molecule has 1 fully saturated rings. The van der Waals surface area contributed by atoms with Crippen LogP contribution in [-0.4, -0.2) is 73.8 Å². The maximum atomic E-state index is 10.4. The van der Waals surface area contributed by atoms with Gasteiger partial charge in [-0.3, -0.25) is 4.57 Å². The number of nitrogens with two attached hydrogens (primary N) is 1. The number of aliphatic hydroxyl groups excluding tert-OH is 2. The highest BCUT2D eigenvalue weighted by Crippen LogP contribution is 2.39. The summed E-state index contributed by atoms with van der Waals surface area (Å²) in [6, 6.07) is 0. The van der Waals surface area contributed by atoms with E-state index in [-0.39, 0.29) is 5.95 Å². The molecule has 10 heteroatoms. The van der Waals surface area contributed by atoms with Gasteiger partial charge in [0.25, 0.3) is 0 Å². The number of hydrogen-bond donors (Lipinski definition) is 4. The lowest BCUT2D eigenvalue weighted by Gasteiger charge is -2.18. The number of rotatable bonds is 4. The minimum atomic E-state index is -1.24. The molecule has 5 N–H and O–H groups in total. The number of fused-ring (bicyclic) bond motifs is 1. The molecule has 8 nitrogen and oxygen atoms in total. The highest BCUT2D eigenvalue weighted by Gasteiger charge is 2.44. The van der Waals surface area contributed by atoms with Gasteiger partial charge in [-0.2, -0.15) is 4.98 Å². The van der Waals surface area contributed by atoms with E-state index in [1.165, 1.54) is 6.33 Å². The van der Waals surface area contributed by atoms with E-state index < -0.39 is 31.4 Å². The van der Waals surface area contributed by atoms with Crippen molar-refractivity contribution < 1.29 is 14.9 Å². The van der Waals surface area contributed by atoms with Crippen LogP contribution in [0.4, 0.5) is 5.95 Å². The van der Waals surface area contributed by atoms with Crippen LogP contribution in [0, 0.1) is 4.64 Å². The van der Waals surface area contributed by atoms with Crippen LogP contribution in [0.25, 0.3) is 11.2 Å². The van der Waals surface area contributed by atoms with Crippen LogP contribution < -0.4 is 5.73 Å². The SMILES string of the molecule is C=P(C)(C)CC[C@H]1O[C@@H](n2cnc3c(=S)[nH]c(N)nc32)[C@H](O)[C@@H]1O. The van der Waals surface area contributed by atoms with E-state index in [1.54, 1.807) is 4.57 Å². The Hall–Kier alpha value is -1.25. The molecule has 1 saturated heterocycles. The molecule has 0 radical (unpaired) electrons. The third kappa shape index (κ3) is 3.27. The van der Waals surface area contributed by atoms with Crippen molar-refractivity contribution in [3.8, 4) is 0 Å². The van der Waals surface area contributed by atoms with Gasteiger partial charge in [-0.15, -0.1) is 13.2 Å². The summed E-state index contributed by atoms with van der Waals surface area (Å²) in [5, 5.41) is 20.7. The molecule has 0 aromatic carbocycles. The van der Waals surface area contributed by atoms with Crippen molar-refractivity contribution in [3.05, 3.63) is 11.0 Å². The van der Waals surface area contributed by atoms with Gasteiger partial charge in [0, 0.05) is 0 Å². The number of H-pyrrole nitrogens is 1. The van der Waals surface area contributed by atoms with E-state index >= 15 is 0 Å². The number of anilines is 1. The van der Waals surface area contributed by atoms with Gasteiger partial charge < -0.3 is 25.7 Å². The molecular formula is C14H22N5O3PS. The Labute approximate surface area is 144 Å². The summed E-state index contributed by atoms with van der Waals surface area (Å²) in [6.07, 6.45) is 3.85. The van der Waals surface area contributed by atoms with Crippen molar-refractivity contribution >= 4 is 42.5 Å². The molecule has 3 rings (SSSR count). The van der Waals surface area contributed by atoms with E-state index in [0.29, 0.717) is 22.2 Å². The molecule has 4 atom stereocenters. The second-order valence-electron chi connectivity index (χ2n) is 6.77. The van der Waals surface area contributed by atoms with Gasteiger partial charge in [0.15, 0.2) is 11.9 Å². The Morgan fingerprint density at radius 1 is 1.46 bits per heavy atom. The summed E-state index contributed by atoms with van der Waals surface area (Å²) in [5.74, 6) is 0.155. The summed E-state index contributed by atoms with van der Waals surface area (Å²) >= 11 is 5.18. The Kier molecular flexibility index (Phi) is 4.57. The summed E-state index contributed by atoms with van der Waals surface area (Å²) in [4.78, 5) is 11.1. The molecule has 2 aromatic heterocycles. The minimum Gasteiger partial charge on any atom is -0.388 e. The Morgan fingerprint density at radius 2 is 2.17 bits per heavy atom. The molecule has 24 heavy (non-hydrogen) atoms. The average molecular weight is 371 g/mol. The molecule has 1 aliphatic heterocycles. The Balaban J connectivity index is 1.90. The predicted molar refractivity (Wildman–Crippen MR) is 98.4 cm³/mol. The minimum absolute atomic E-state index is 0.155. The monoisotopic (exact) mass is 371 g/mol. The predicted octanol–water partition coefficient (Wildman–Crippen LogP) is 0.790. The van der Waals surface area contributed by atoms with Crippen LogP contribution in [0.3, 0.4) is 0 Å². The van der Waals surface area contributed by atoms with Crippen LogP contribution in [-0.2, 0) is 4.74 Å². The maximum absolute atomic E-state index is 10.4. The summed E-state index contributed by atoms with van der Waals surface area (Å²) < 4.78 is 7.83. The molecule has 0 unspecified atom stereocenters. The zero-order valence-electron chi connectivity index (χ0n) is 13.6. The normalized spacial score (nSPS) is 27.8. The molecule has 0 bridgehead atoms. The smallest absolute Gasteiger partial charge is 0.200 e. The van der Waals surface area contributed by atoms with Gasteiger partial charge in [0.2, 0.25) is 5.95 Å². The molecule has 1 aliphatic rings. The first kappa shape index (κ1) is 17.6. The number of nitrogens with one attached hydrogen (secondary N) is 1. The van der Waals surface area contributed by atoms with E-state index in [2.05, 4.69) is 34.6 Å². The lowest BCUT2D eigenvalue weighted by Crippen LogP contribution is -2.31. The number of ether oxygens (including phenoxy) is 1. The lowest BCUT2D eigenvalue weighted by molar-refractivity contribution is -0.0353. The molecule has 0 amide bonds. The van der Waals surface area contributed by atoms with Gasteiger partial charge in [0.1, 0.15) is 22.4 Å². The summed E-state index contributed by atoms with van der Waals surface area (Å²) in [5.41, 5.74) is 6.59. The summed E-state index contributed by atoms with van der Waals surface area (Å²) in [7, 11) is 0. The van der Waals surface area contributed by atoms with E-state index in [4.69, 9.17) is 22.7 Å². The van der Waals surface area contributed by atoms with Crippen LogP contribution >= 0.6 is 19.1 Å². The van der Waals surface area contributed by atoms with Crippen LogP contribution in [0.1, 0.15) is 12.6 Å². The number of aromatic amines is 1. The lowest BCUT2D eigenvalue weighted by atomic mass is 10.1. The first-order valence-electron chi connectivity index (χ1n) is 7.58. The standard InChI is InChI=1S/C14H22N5O3PS/c1-23(2,3)5-4-7-9(20)10(21)13(22-7)19-6-16-8-11(19)17-14(15)18-12(8)24/h6-7,9-10,13,20-21H,1,4-5H2,2-3H3,(H3,15,17,18,24)/t7-,9-,10-,13-/m1/s1. The molecule has 0 aliphatic carbocycles. The molecule has 0 spiro atoms. The average Bonchev–Trinajstić information content (AvgIpc) is 3.00. The van der Waals surface area contributed by atoms with Gasteiger partial charge in [-0.25, -0.2) is 4.98 Å². The van der Waals surface area contributed by atoms with Crippen molar-refractivity contribution in [2.45, 2.75) is 31.0 Å². The van der Waals surface area contributed by atoms with Crippen molar-refractivity contribution in [1.29, 1.82) is 0 Å². The fourth-order valence-corrected chi connectivity index (χ4v) is 4.01. The van der Waals surface area contributed by atoms with Gasteiger partial charge in [-0.1, -0.05) is 12.2 Å². The Morgan fingerprint density at radius 3 is 2.83 bits per heavy atom. The second-order valence-corrected chi connectivity index (χ2v) is 11.5. The van der Waals surface area contributed by atoms with Gasteiger partial charge in [-0.05, 0) is 25.9 Å². The van der Waals surface area contributed by atoms with Crippen molar-refractivity contribution in [3.63, 3.8) is 0 Å². The third-order valence-electron chi connectivity index (χ3n) is 4.08. The quantitative estimate of drug-likeness (QED) is 0.463. The topological polar surface area (TPSA) is 122 Å². The molecule has 132 valence electrons. The third-order valence-corrected chi connectivity index (χ3v) is 5.85. The first-order chi connectivity index (χ1) is 11.2. The van der Waals surface area contributed by atoms with Crippen molar-refractivity contribution in [2.24, 2.45) is 0 Å². The largest absolute Gasteiger partial charge is 0.388 e. The van der Waals surface area contributed by atoms with Gasteiger partial charge in [0.05, 0.1) is 12.4 Å². The first-order valence-corrected chi connectivity index (χ1v) is 11.0. The van der Waals surface area contributed by atoms with E-state index in [9.17, 15) is 10.2 Å². The van der Waals surface area contributed by atoms with Crippen LogP contribution in [0.2, 0.25) is 0 Å². The maximum Gasteiger partial charge on any atom is 0.200 e. The van der Waals surface area contributed by atoms with Crippen LogP contribution in [0.15, 0.2) is 6.33 Å². The highest BCUT2D eigenvalue weighted by atomic mass is 32.1. The fraction of sp³-hybridized carbons (Fsp3) is 0.571. The highest BCUT2D eigenvalue weighted by molar-refractivity contribution is 7.72. The molecule has 2 aromatic rings. The molecular weight excluding hydrogens is 349 g/mol. The van der Waals surface area contributed by atoms with Gasteiger partial charge >= 0.3 is 0 Å². The molecule has 3 heterocycles. The number of aliphatic hydroxyl groups is 2. The number of hydrogen-bond acceptors (Lipinski definition) is 7. The zero-order chi connectivity index (χ0) is 17.6. The number of imidazole rings is 1. The second kappa shape index (κ2) is 6.24. The number of nitrogen functional groups attached to an aromatic ring is 1. The van der Waals surface area contributed by atoms with Crippen molar-refractivity contribution in [1.82, 2.24) is 19.5 Å². The van der Waals surface area contributed by atoms with Crippen LogP contribution in [0.5, 0.6) is 0 Å². The van der Waals surface area contributed by atoms with Crippen molar-refractivity contribution in [2.75, 3.05) is 25.2 Å². The number of nitrogens with zero attached hydrogens (tertiary/aromatic N) is 3. The van der Waals surface area contributed by atoms with E-state index in [0.717, 1.165) is 6.16 Å².